The maximum Gasteiger partial charge on any atom is 0.394 e. The number of hydrogen-bond donors (Lipinski definition) is 3. The molecule has 0 aliphatic carbocycles. The lowest BCUT2D eigenvalue weighted by atomic mass is 10.3. The zero-order chi connectivity index (χ0) is 11.0. The van der Waals surface area contributed by atoms with Gasteiger partial charge >= 0.3 is 10.4 Å². The minimum Gasteiger partial charge on any atom is -0.412 e. The van der Waals surface area contributed by atoms with E-state index in [0.717, 1.165) is 6.54 Å². The van der Waals surface area contributed by atoms with Gasteiger partial charge in [0.2, 0.25) is 0 Å². The second kappa shape index (κ2) is 8.18. The Morgan fingerprint density at radius 1 is 1.20 bits per heavy atom. The average molecular weight is 237 g/mol. The summed E-state index contributed by atoms with van der Waals surface area (Å²) in [6.45, 7) is 3.08. The van der Waals surface area contributed by atoms with Gasteiger partial charge in [-0.05, 0) is 19.1 Å². The summed E-state index contributed by atoms with van der Waals surface area (Å²) in [5.41, 5.74) is 1.19. The predicted molar refractivity (Wildman–Crippen MR) is 58.4 cm³/mol. The minimum absolute atomic E-state index is 0. The molecule has 0 heterocycles. The van der Waals surface area contributed by atoms with Crippen LogP contribution in [0.3, 0.4) is 0 Å². The number of para-hydroxylation sites is 1. The van der Waals surface area contributed by atoms with Crippen LogP contribution in [-0.2, 0) is 10.4 Å². The fourth-order valence-electron chi connectivity index (χ4n) is 0.760. The highest BCUT2D eigenvalue weighted by Crippen LogP contribution is 2.02. The number of hydrogen-bond acceptors (Lipinski definition) is 3. The predicted octanol–water partition coefficient (Wildman–Crippen LogP) is 0.641. The lowest BCUT2D eigenvalue weighted by Crippen LogP contribution is -1.94. The molecular weight excluding hydrogens is 222 g/mol. The maximum atomic E-state index is 8.74. The first-order valence-corrected chi connectivity index (χ1v) is 5.32. The Labute approximate surface area is 88.8 Å². The molecule has 0 aliphatic rings. The number of rotatable bonds is 2. The van der Waals surface area contributed by atoms with Gasteiger partial charge in [0.15, 0.2) is 0 Å². The van der Waals surface area contributed by atoms with Crippen molar-refractivity contribution in [3.05, 3.63) is 30.3 Å². The molecule has 1 aromatic carbocycles. The summed E-state index contributed by atoms with van der Waals surface area (Å²) in [6.07, 6.45) is 0. The third-order valence-corrected chi connectivity index (χ3v) is 1.15. The molecule has 1 aromatic rings. The molecule has 0 bridgehead atoms. The SMILES string of the molecule is CCNc1ccccc1.O.O=S(=O)(O)O. The molecule has 0 saturated heterocycles. The Morgan fingerprint density at radius 2 is 1.60 bits per heavy atom. The Bertz CT molecular complexity index is 329. The van der Waals surface area contributed by atoms with Crippen LogP contribution in [0.15, 0.2) is 30.3 Å². The van der Waals surface area contributed by atoms with Gasteiger partial charge in [-0.25, -0.2) is 0 Å². The number of nitrogens with one attached hydrogen (secondary N) is 1. The van der Waals surface area contributed by atoms with E-state index >= 15 is 0 Å². The Kier molecular flexibility index (Phi) is 8.88. The highest BCUT2D eigenvalue weighted by atomic mass is 32.3. The van der Waals surface area contributed by atoms with Gasteiger partial charge in [0.25, 0.3) is 0 Å². The van der Waals surface area contributed by atoms with Crippen LogP contribution in [-0.4, -0.2) is 29.5 Å². The van der Waals surface area contributed by atoms with Crippen LogP contribution in [0.2, 0.25) is 0 Å². The van der Waals surface area contributed by atoms with Crippen LogP contribution in [0.1, 0.15) is 6.92 Å². The van der Waals surface area contributed by atoms with E-state index in [2.05, 4.69) is 24.4 Å². The topological polar surface area (TPSA) is 118 Å². The molecule has 88 valence electrons. The van der Waals surface area contributed by atoms with E-state index in [1.807, 2.05) is 18.2 Å². The van der Waals surface area contributed by atoms with E-state index < -0.39 is 10.4 Å². The van der Waals surface area contributed by atoms with Crippen molar-refractivity contribution in [2.75, 3.05) is 11.9 Å². The minimum atomic E-state index is -4.67. The van der Waals surface area contributed by atoms with Crippen LogP contribution in [0.4, 0.5) is 5.69 Å². The molecule has 15 heavy (non-hydrogen) atoms. The van der Waals surface area contributed by atoms with Crippen LogP contribution in [0, 0.1) is 0 Å². The van der Waals surface area contributed by atoms with Gasteiger partial charge in [-0.2, -0.15) is 8.42 Å². The van der Waals surface area contributed by atoms with Gasteiger partial charge in [-0.15, -0.1) is 0 Å². The highest BCUT2D eigenvalue weighted by molar-refractivity contribution is 7.79. The second-order valence-corrected chi connectivity index (χ2v) is 3.24. The molecule has 0 saturated carbocycles. The molecule has 0 radical (unpaired) electrons. The first kappa shape index (κ1) is 16.3. The Hall–Kier alpha value is -1.15. The van der Waals surface area contributed by atoms with E-state index in [-0.39, 0.29) is 5.48 Å². The van der Waals surface area contributed by atoms with E-state index in [9.17, 15) is 0 Å². The number of benzene rings is 1. The van der Waals surface area contributed by atoms with Crippen molar-refractivity contribution < 1.29 is 23.0 Å². The van der Waals surface area contributed by atoms with Crippen molar-refractivity contribution in [2.45, 2.75) is 6.92 Å². The summed E-state index contributed by atoms with van der Waals surface area (Å²) in [5, 5.41) is 3.21. The van der Waals surface area contributed by atoms with E-state index in [4.69, 9.17) is 17.5 Å². The number of anilines is 1. The fourth-order valence-corrected chi connectivity index (χ4v) is 0.760. The van der Waals surface area contributed by atoms with Crippen LogP contribution < -0.4 is 5.32 Å². The lowest BCUT2D eigenvalue weighted by Gasteiger charge is -1.99. The van der Waals surface area contributed by atoms with Crippen molar-refractivity contribution in [3.8, 4) is 0 Å². The van der Waals surface area contributed by atoms with E-state index in [1.54, 1.807) is 0 Å². The van der Waals surface area contributed by atoms with Crippen molar-refractivity contribution in [3.63, 3.8) is 0 Å². The standard InChI is InChI=1S/C8H11N.H2O4S.H2O/c1-2-9-8-6-4-3-5-7-8;1-5(2,3)4;/h3-7,9H,2H2,1H3;(H2,1,2,3,4);1H2. The van der Waals surface area contributed by atoms with Gasteiger partial charge in [-0.3, -0.25) is 9.11 Å². The first-order valence-electron chi connectivity index (χ1n) is 3.92. The average Bonchev–Trinajstić information content (AvgIpc) is 2.03. The largest absolute Gasteiger partial charge is 0.412 e. The van der Waals surface area contributed by atoms with Crippen molar-refractivity contribution in [1.29, 1.82) is 0 Å². The molecule has 6 nitrogen and oxygen atoms in total. The zero-order valence-electron chi connectivity index (χ0n) is 8.21. The summed E-state index contributed by atoms with van der Waals surface area (Å²) in [7, 11) is -4.67. The molecular formula is C8H15NO5S. The summed E-state index contributed by atoms with van der Waals surface area (Å²) in [6, 6.07) is 10.2. The summed E-state index contributed by atoms with van der Waals surface area (Å²) in [4.78, 5) is 0. The van der Waals surface area contributed by atoms with E-state index in [0.29, 0.717) is 0 Å². The smallest absolute Gasteiger partial charge is 0.394 e. The molecule has 0 fully saturated rings. The van der Waals surface area contributed by atoms with Crippen LogP contribution in [0.5, 0.6) is 0 Å². The maximum absolute atomic E-state index is 8.74. The Morgan fingerprint density at radius 3 is 1.93 bits per heavy atom. The molecule has 7 heteroatoms. The molecule has 0 spiro atoms. The quantitative estimate of drug-likeness (QED) is 0.652. The Balaban J connectivity index is 0. The van der Waals surface area contributed by atoms with Crippen LogP contribution in [0.25, 0.3) is 0 Å². The van der Waals surface area contributed by atoms with Gasteiger partial charge in [0, 0.05) is 12.2 Å². The molecule has 5 N–H and O–H groups in total. The third kappa shape index (κ3) is 15.6. The second-order valence-electron chi connectivity index (χ2n) is 2.34. The molecule has 0 aliphatic heterocycles. The molecule has 0 amide bonds. The van der Waals surface area contributed by atoms with Gasteiger partial charge in [0.05, 0.1) is 0 Å². The lowest BCUT2D eigenvalue weighted by molar-refractivity contribution is 0.381. The van der Waals surface area contributed by atoms with Gasteiger partial charge in [0.1, 0.15) is 0 Å². The molecule has 0 atom stereocenters. The summed E-state index contributed by atoms with van der Waals surface area (Å²) >= 11 is 0. The first-order chi connectivity index (χ1) is 6.43. The fraction of sp³-hybridized carbons (Fsp3) is 0.250. The van der Waals surface area contributed by atoms with Crippen molar-refractivity contribution in [1.82, 2.24) is 0 Å². The highest BCUT2D eigenvalue weighted by Gasteiger charge is 1.84. The third-order valence-electron chi connectivity index (χ3n) is 1.15. The van der Waals surface area contributed by atoms with Gasteiger partial charge < -0.3 is 10.8 Å². The van der Waals surface area contributed by atoms with Crippen molar-refractivity contribution >= 4 is 16.1 Å². The summed E-state index contributed by atoms with van der Waals surface area (Å²) in [5.74, 6) is 0. The van der Waals surface area contributed by atoms with Crippen molar-refractivity contribution in [2.24, 2.45) is 0 Å². The monoisotopic (exact) mass is 237 g/mol. The summed E-state index contributed by atoms with van der Waals surface area (Å²) < 4.78 is 31.6. The molecule has 0 aromatic heterocycles. The molecule has 0 unspecified atom stereocenters. The zero-order valence-corrected chi connectivity index (χ0v) is 9.03. The normalized spacial score (nSPS) is 9.27. The van der Waals surface area contributed by atoms with Crippen LogP contribution >= 0.6 is 0 Å². The van der Waals surface area contributed by atoms with E-state index in [1.165, 1.54) is 5.69 Å². The van der Waals surface area contributed by atoms with Gasteiger partial charge in [-0.1, -0.05) is 18.2 Å². The molecule has 1 rings (SSSR count).